The van der Waals surface area contributed by atoms with Gasteiger partial charge in [-0.25, -0.2) is 0 Å². The first-order valence-electron chi connectivity index (χ1n) is 5.42. The third kappa shape index (κ3) is 1.96. The zero-order valence-electron chi connectivity index (χ0n) is 9.22. The van der Waals surface area contributed by atoms with E-state index < -0.39 is 0 Å². The fourth-order valence-corrected chi connectivity index (χ4v) is 2.08. The Morgan fingerprint density at radius 3 is 2.93 bits per heavy atom. The molecule has 0 amide bonds. The average molecular weight is 199 g/mol. The maximum Gasteiger partial charge on any atom is 0.0343 e. The maximum atomic E-state index is 5.90. The molecule has 2 N–H and O–H groups in total. The van der Waals surface area contributed by atoms with Gasteiger partial charge in [0.25, 0.3) is 0 Å². The molecule has 2 rings (SSSR count). The highest BCUT2D eigenvalue weighted by atomic mass is 14.6. The first-order valence-corrected chi connectivity index (χ1v) is 5.42. The molecular weight excluding hydrogens is 182 g/mol. The molecule has 0 aliphatic heterocycles. The third-order valence-corrected chi connectivity index (χ3v) is 2.99. The van der Waals surface area contributed by atoms with Gasteiger partial charge in [0.2, 0.25) is 0 Å². The Balaban J connectivity index is 2.42. The van der Waals surface area contributed by atoms with Crippen LogP contribution in [0.5, 0.6) is 0 Å². The molecule has 0 bridgehead atoms. The van der Waals surface area contributed by atoms with Crippen molar-refractivity contribution in [2.45, 2.75) is 26.2 Å². The van der Waals surface area contributed by atoms with E-state index in [1.807, 2.05) is 13.0 Å². The quantitative estimate of drug-likeness (QED) is 0.728. The molecule has 1 aliphatic carbocycles. The van der Waals surface area contributed by atoms with Gasteiger partial charge in [-0.2, -0.15) is 0 Å². The molecule has 0 saturated heterocycles. The van der Waals surface area contributed by atoms with Gasteiger partial charge < -0.3 is 5.73 Å². The fraction of sp³-hybridized carbons (Fsp3) is 0.286. The van der Waals surface area contributed by atoms with E-state index in [0.717, 1.165) is 11.3 Å². The number of nitrogens with two attached hydrogens (primary N) is 1. The minimum atomic E-state index is 0.787. The summed E-state index contributed by atoms with van der Waals surface area (Å²) in [5.41, 5.74) is 11.9. The molecule has 78 valence electrons. The van der Waals surface area contributed by atoms with E-state index in [1.54, 1.807) is 0 Å². The van der Waals surface area contributed by atoms with E-state index in [-0.39, 0.29) is 0 Å². The van der Waals surface area contributed by atoms with Crippen LogP contribution >= 0.6 is 0 Å². The molecule has 0 spiro atoms. The van der Waals surface area contributed by atoms with Crippen LogP contribution in [0.2, 0.25) is 0 Å². The summed E-state index contributed by atoms with van der Waals surface area (Å²) in [6.07, 6.45) is 5.72. The van der Waals surface area contributed by atoms with Crippen molar-refractivity contribution in [3.8, 4) is 0 Å². The lowest BCUT2D eigenvalue weighted by Crippen LogP contribution is -1.98. The van der Waals surface area contributed by atoms with Crippen molar-refractivity contribution >= 4 is 6.08 Å². The predicted octanol–water partition coefficient (Wildman–Crippen LogP) is 3.05. The Morgan fingerprint density at radius 2 is 2.20 bits per heavy atom. The lowest BCUT2D eigenvalue weighted by molar-refractivity contribution is 0.911. The Labute approximate surface area is 91.3 Å². The molecule has 0 unspecified atom stereocenters. The molecule has 0 radical (unpaired) electrons. The summed E-state index contributed by atoms with van der Waals surface area (Å²) in [5.74, 6) is 0. The van der Waals surface area contributed by atoms with Crippen molar-refractivity contribution in [3.05, 3.63) is 52.7 Å². The molecule has 0 aromatic heterocycles. The second kappa shape index (κ2) is 3.93. The summed E-state index contributed by atoms with van der Waals surface area (Å²) in [7, 11) is 0. The average Bonchev–Trinajstić information content (AvgIpc) is 2.66. The van der Waals surface area contributed by atoms with Crippen molar-refractivity contribution < 1.29 is 0 Å². The number of rotatable bonds is 2. The van der Waals surface area contributed by atoms with E-state index >= 15 is 0 Å². The normalized spacial score (nSPS) is 15.1. The Bertz CT molecular complexity index is 427. The van der Waals surface area contributed by atoms with Crippen LogP contribution in [0.3, 0.4) is 0 Å². The molecule has 1 heteroatoms. The van der Waals surface area contributed by atoms with Crippen molar-refractivity contribution in [1.82, 2.24) is 0 Å². The zero-order valence-corrected chi connectivity index (χ0v) is 9.22. The summed E-state index contributed by atoms with van der Waals surface area (Å²) in [4.78, 5) is 0. The maximum absolute atomic E-state index is 5.90. The van der Waals surface area contributed by atoms with Crippen molar-refractivity contribution in [2.24, 2.45) is 5.73 Å². The van der Waals surface area contributed by atoms with E-state index in [0.29, 0.717) is 0 Å². The van der Waals surface area contributed by atoms with Gasteiger partial charge in [-0.3, -0.25) is 0 Å². The number of benzene rings is 1. The molecule has 0 atom stereocenters. The van der Waals surface area contributed by atoms with Crippen LogP contribution in [0.15, 0.2) is 36.0 Å². The summed E-state index contributed by atoms with van der Waals surface area (Å²) in [6, 6.07) is 6.47. The van der Waals surface area contributed by atoms with E-state index in [2.05, 4.69) is 24.8 Å². The number of fused-ring (bicyclic) bond motifs is 1. The molecule has 1 nitrogen and oxygen atoms in total. The smallest absolute Gasteiger partial charge is 0.0343 e. The second-order valence-corrected chi connectivity index (χ2v) is 4.22. The topological polar surface area (TPSA) is 26.0 Å². The molecule has 1 aliphatic rings. The monoisotopic (exact) mass is 199 g/mol. The molecular formula is C14H17N. The van der Waals surface area contributed by atoms with Gasteiger partial charge >= 0.3 is 0 Å². The molecule has 0 heterocycles. The highest BCUT2D eigenvalue weighted by molar-refractivity contribution is 5.62. The largest absolute Gasteiger partial charge is 0.399 e. The summed E-state index contributed by atoms with van der Waals surface area (Å²) in [5, 5.41) is 0. The van der Waals surface area contributed by atoms with Crippen LogP contribution in [-0.2, 0) is 12.8 Å². The highest BCUT2D eigenvalue weighted by Crippen LogP contribution is 2.26. The fourth-order valence-electron chi connectivity index (χ4n) is 2.08. The van der Waals surface area contributed by atoms with Gasteiger partial charge in [0.05, 0.1) is 0 Å². The van der Waals surface area contributed by atoms with Gasteiger partial charge in [-0.1, -0.05) is 24.8 Å². The number of hydrogen-bond acceptors (Lipinski definition) is 1. The van der Waals surface area contributed by atoms with Gasteiger partial charge in [0.1, 0.15) is 0 Å². The number of allylic oxidation sites excluding steroid dienone is 1. The highest BCUT2D eigenvalue weighted by Gasteiger charge is 2.12. The van der Waals surface area contributed by atoms with Crippen LogP contribution in [0.25, 0.3) is 6.08 Å². The lowest BCUT2D eigenvalue weighted by atomic mass is 10.0. The van der Waals surface area contributed by atoms with Crippen molar-refractivity contribution in [1.29, 1.82) is 0 Å². The minimum Gasteiger partial charge on any atom is -0.399 e. The first-order chi connectivity index (χ1) is 7.18. The molecule has 0 fully saturated rings. The van der Waals surface area contributed by atoms with Crippen LogP contribution in [0, 0.1) is 0 Å². The summed E-state index contributed by atoms with van der Waals surface area (Å²) >= 11 is 0. The molecule has 0 saturated carbocycles. The standard InChI is InChI=1S/C14H17N/c1-10(2)14(15)9-12-7-3-5-11-6-4-8-13(11)12/h3,5,7,9H,1,4,6,8,15H2,2H3/b14-9-. The van der Waals surface area contributed by atoms with E-state index in [1.165, 1.54) is 36.0 Å². The minimum absolute atomic E-state index is 0.787. The molecule has 15 heavy (non-hydrogen) atoms. The van der Waals surface area contributed by atoms with E-state index in [9.17, 15) is 0 Å². The first kappa shape index (κ1) is 10.0. The predicted molar refractivity (Wildman–Crippen MR) is 65.4 cm³/mol. The van der Waals surface area contributed by atoms with Crippen molar-refractivity contribution in [2.75, 3.05) is 0 Å². The summed E-state index contributed by atoms with van der Waals surface area (Å²) in [6.45, 7) is 5.79. The Morgan fingerprint density at radius 1 is 1.40 bits per heavy atom. The van der Waals surface area contributed by atoms with Crippen LogP contribution in [-0.4, -0.2) is 0 Å². The number of aryl methyl sites for hydroxylation is 1. The van der Waals surface area contributed by atoms with Gasteiger partial charge in [0, 0.05) is 5.70 Å². The molecule has 1 aromatic carbocycles. The second-order valence-electron chi connectivity index (χ2n) is 4.22. The van der Waals surface area contributed by atoms with Gasteiger partial charge in [0.15, 0.2) is 0 Å². The SMILES string of the molecule is C=C(C)/C(N)=C/c1cccc2c1CCC2. The van der Waals surface area contributed by atoms with Crippen LogP contribution < -0.4 is 5.73 Å². The Kier molecular flexibility index (Phi) is 2.63. The van der Waals surface area contributed by atoms with Crippen molar-refractivity contribution in [3.63, 3.8) is 0 Å². The van der Waals surface area contributed by atoms with E-state index in [4.69, 9.17) is 5.73 Å². The van der Waals surface area contributed by atoms with Gasteiger partial charge in [-0.15, -0.1) is 0 Å². The third-order valence-electron chi connectivity index (χ3n) is 2.99. The van der Waals surface area contributed by atoms with Gasteiger partial charge in [-0.05, 0) is 54.5 Å². The molecule has 1 aromatic rings. The van der Waals surface area contributed by atoms with Crippen LogP contribution in [0.1, 0.15) is 30.0 Å². The number of hydrogen-bond donors (Lipinski definition) is 1. The Hall–Kier alpha value is -1.50. The lowest BCUT2D eigenvalue weighted by Gasteiger charge is -2.05. The summed E-state index contributed by atoms with van der Waals surface area (Å²) < 4.78 is 0. The zero-order chi connectivity index (χ0) is 10.8. The van der Waals surface area contributed by atoms with Crippen LogP contribution in [0.4, 0.5) is 0 Å².